The molecule has 3 aliphatic heterocycles. The van der Waals surface area contributed by atoms with Crippen LogP contribution in [0.5, 0.6) is 0 Å². The third kappa shape index (κ3) is 3.11. The molecule has 3 saturated heterocycles. The summed E-state index contributed by atoms with van der Waals surface area (Å²) < 4.78 is 20.8. The molecule has 0 spiro atoms. The van der Waals surface area contributed by atoms with Crippen LogP contribution in [0.25, 0.3) is 0 Å². The van der Waals surface area contributed by atoms with Crippen molar-refractivity contribution < 1.29 is 43.2 Å². The molecule has 0 saturated carbocycles. The van der Waals surface area contributed by atoms with E-state index < -0.39 is 60.1 Å². The molecule has 3 fully saturated rings. The van der Waals surface area contributed by atoms with Crippen molar-refractivity contribution in [3.63, 3.8) is 0 Å². The van der Waals surface area contributed by atoms with Crippen molar-refractivity contribution in [2.75, 3.05) is 6.61 Å². The highest BCUT2D eigenvalue weighted by atomic mass is 16.7. The van der Waals surface area contributed by atoms with Crippen LogP contribution in [0, 0.1) is 11.8 Å². The molecule has 9 heteroatoms. The molecule has 25 heavy (non-hydrogen) atoms. The zero-order valence-corrected chi connectivity index (χ0v) is 13.3. The number of aliphatic carboxylic acids is 1. The van der Waals surface area contributed by atoms with E-state index >= 15 is 0 Å². The maximum atomic E-state index is 12.0. The standard InChI is InChI=1S/C16H18O9/c1-2-7(17)22-6-4-3-5-8(18)23-13-11-9(15(19)20)10-12(24-11)14(13)25-16(10)21/h2,9-14H,1,3-6H2,(H,19,20). The van der Waals surface area contributed by atoms with Gasteiger partial charge in [-0.2, -0.15) is 0 Å². The van der Waals surface area contributed by atoms with Crippen molar-refractivity contribution in [2.45, 2.75) is 43.7 Å². The van der Waals surface area contributed by atoms with E-state index in [2.05, 4.69) is 6.58 Å². The number of esters is 3. The summed E-state index contributed by atoms with van der Waals surface area (Å²) in [5.74, 6) is -4.75. The second-order valence-corrected chi connectivity index (χ2v) is 6.14. The Bertz CT molecular complexity index is 613. The molecule has 2 bridgehead atoms. The Labute approximate surface area is 142 Å². The SMILES string of the molecule is C=CC(=O)OCCCCC(=O)OC1C2OC(=O)C3C2OC1C3C(=O)O. The first-order valence-corrected chi connectivity index (χ1v) is 8.01. The van der Waals surface area contributed by atoms with Crippen molar-refractivity contribution in [2.24, 2.45) is 11.8 Å². The third-order valence-corrected chi connectivity index (χ3v) is 4.64. The van der Waals surface area contributed by atoms with Gasteiger partial charge in [0, 0.05) is 12.5 Å². The fraction of sp³-hybridized carbons (Fsp3) is 0.625. The molecule has 6 atom stereocenters. The monoisotopic (exact) mass is 354 g/mol. The molecule has 136 valence electrons. The third-order valence-electron chi connectivity index (χ3n) is 4.64. The smallest absolute Gasteiger partial charge is 0.330 e. The molecule has 6 unspecified atom stereocenters. The molecule has 0 aromatic heterocycles. The van der Waals surface area contributed by atoms with Crippen LogP contribution < -0.4 is 0 Å². The van der Waals surface area contributed by atoms with Gasteiger partial charge in [0.2, 0.25) is 0 Å². The Hall–Kier alpha value is -2.42. The van der Waals surface area contributed by atoms with Crippen molar-refractivity contribution >= 4 is 23.9 Å². The number of carboxylic acid groups (broad SMARTS) is 1. The maximum Gasteiger partial charge on any atom is 0.330 e. The van der Waals surface area contributed by atoms with Gasteiger partial charge in [0.05, 0.1) is 6.61 Å². The molecule has 0 amide bonds. The number of fused-ring (bicyclic) bond motifs is 1. The quantitative estimate of drug-likeness (QED) is 0.273. The lowest BCUT2D eigenvalue weighted by Gasteiger charge is -2.26. The second-order valence-electron chi connectivity index (χ2n) is 6.14. The van der Waals surface area contributed by atoms with E-state index in [-0.39, 0.29) is 13.0 Å². The molecule has 3 heterocycles. The maximum absolute atomic E-state index is 12.0. The fourth-order valence-corrected chi connectivity index (χ4v) is 3.57. The normalized spacial score (nSPS) is 34.5. The minimum absolute atomic E-state index is 0.0708. The molecule has 9 nitrogen and oxygen atoms in total. The largest absolute Gasteiger partial charge is 0.481 e. The molecule has 3 aliphatic rings. The van der Waals surface area contributed by atoms with Gasteiger partial charge in [0.1, 0.15) is 24.0 Å². The topological polar surface area (TPSA) is 125 Å². The Morgan fingerprint density at radius 3 is 2.64 bits per heavy atom. The minimum atomic E-state index is -1.17. The van der Waals surface area contributed by atoms with E-state index in [9.17, 15) is 24.3 Å². The number of hydrogen-bond acceptors (Lipinski definition) is 8. The summed E-state index contributed by atoms with van der Waals surface area (Å²) in [5.41, 5.74) is 0. The summed E-state index contributed by atoms with van der Waals surface area (Å²) in [4.78, 5) is 46.0. The first-order chi connectivity index (χ1) is 11.9. The van der Waals surface area contributed by atoms with Gasteiger partial charge in [-0.05, 0) is 12.8 Å². The number of carbonyl (C=O) groups is 4. The van der Waals surface area contributed by atoms with Crippen LogP contribution >= 0.6 is 0 Å². The number of carbonyl (C=O) groups excluding carboxylic acids is 3. The Morgan fingerprint density at radius 2 is 1.96 bits per heavy atom. The molecule has 0 radical (unpaired) electrons. The lowest BCUT2D eigenvalue weighted by Crippen LogP contribution is -2.47. The number of unbranched alkanes of at least 4 members (excludes halogenated alkanes) is 1. The van der Waals surface area contributed by atoms with E-state index in [1.165, 1.54) is 0 Å². The van der Waals surface area contributed by atoms with Gasteiger partial charge < -0.3 is 24.1 Å². The van der Waals surface area contributed by atoms with E-state index in [4.69, 9.17) is 18.9 Å². The molecular weight excluding hydrogens is 336 g/mol. The lowest BCUT2D eigenvalue weighted by atomic mass is 9.78. The van der Waals surface area contributed by atoms with Gasteiger partial charge >= 0.3 is 23.9 Å². The fourth-order valence-electron chi connectivity index (χ4n) is 3.57. The van der Waals surface area contributed by atoms with Gasteiger partial charge in [-0.25, -0.2) is 4.79 Å². The summed E-state index contributed by atoms with van der Waals surface area (Å²) in [7, 11) is 0. The van der Waals surface area contributed by atoms with Gasteiger partial charge in [-0.1, -0.05) is 6.58 Å². The van der Waals surface area contributed by atoms with E-state index in [0.29, 0.717) is 12.8 Å². The first-order valence-electron chi connectivity index (χ1n) is 8.01. The zero-order chi connectivity index (χ0) is 18.1. The molecule has 0 aromatic carbocycles. The van der Waals surface area contributed by atoms with Crippen LogP contribution in [0.1, 0.15) is 19.3 Å². The van der Waals surface area contributed by atoms with Crippen molar-refractivity contribution in [3.05, 3.63) is 12.7 Å². The van der Waals surface area contributed by atoms with Crippen LogP contribution in [-0.2, 0) is 38.1 Å². The van der Waals surface area contributed by atoms with Gasteiger partial charge in [-0.3, -0.25) is 14.4 Å². The highest BCUT2D eigenvalue weighted by Crippen LogP contribution is 2.51. The predicted octanol–water partition coefficient (Wildman–Crippen LogP) is -0.179. The Kier molecular flexibility index (Phi) is 4.76. The average Bonchev–Trinajstić information content (AvgIpc) is 3.17. The van der Waals surface area contributed by atoms with Gasteiger partial charge in [-0.15, -0.1) is 0 Å². The second kappa shape index (κ2) is 6.83. The summed E-state index contributed by atoms with van der Waals surface area (Å²) in [6.45, 7) is 3.43. The molecule has 0 aromatic rings. The first kappa shape index (κ1) is 17.4. The van der Waals surface area contributed by atoms with Gasteiger partial charge in [0.15, 0.2) is 12.2 Å². The summed E-state index contributed by atoms with van der Waals surface area (Å²) in [6, 6.07) is 0. The highest BCUT2D eigenvalue weighted by molar-refractivity contribution is 5.86. The zero-order valence-electron chi connectivity index (χ0n) is 13.3. The van der Waals surface area contributed by atoms with Gasteiger partial charge in [0.25, 0.3) is 0 Å². The van der Waals surface area contributed by atoms with Crippen LogP contribution in [0.4, 0.5) is 0 Å². The Balaban J connectivity index is 1.49. The predicted molar refractivity (Wildman–Crippen MR) is 78.0 cm³/mol. The number of hydrogen-bond donors (Lipinski definition) is 1. The number of rotatable bonds is 8. The molecule has 1 N–H and O–H groups in total. The van der Waals surface area contributed by atoms with E-state index in [0.717, 1.165) is 6.08 Å². The Morgan fingerprint density at radius 1 is 1.20 bits per heavy atom. The van der Waals surface area contributed by atoms with Crippen molar-refractivity contribution in [1.82, 2.24) is 0 Å². The van der Waals surface area contributed by atoms with Crippen LogP contribution in [0.2, 0.25) is 0 Å². The minimum Gasteiger partial charge on any atom is -0.481 e. The molecule has 3 rings (SSSR count). The van der Waals surface area contributed by atoms with Crippen LogP contribution in [0.3, 0.4) is 0 Å². The number of carboxylic acids is 1. The summed E-state index contributed by atoms with van der Waals surface area (Å²) >= 11 is 0. The average molecular weight is 354 g/mol. The highest BCUT2D eigenvalue weighted by Gasteiger charge is 2.71. The summed E-state index contributed by atoms with van der Waals surface area (Å²) in [6.07, 6.45) is -1.16. The molecular formula is C16H18O9. The van der Waals surface area contributed by atoms with E-state index in [1.807, 2.05) is 0 Å². The molecule has 0 aliphatic carbocycles. The van der Waals surface area contributed by atoms with Crippen LogP contribution in [0.15, 0.2) is 12.7 Å². The van der Waals surface area contributed by atoms with Crippen molar-refractivity contribution in [3.8, 4) is 0 Å². The summed E-state index contributed by atoms with van der Waals surface area (Å²) in [5, 5.41) is 9.31. The number of ether oxygens (including phenoxy) is 4. The van der Waals surface area contributed by atoms with E-state index in [1.54, 1.807) is 0 Å². The lowest BCUT2D eigenvalue weighted by molar-refractivity contribution is -0.162. The van der Waals surface area contributed by atoms with Crippen LogP contribution in [-0.4, -0.2) is 60.0 Å². The van der Waals surface area contributed by atoms with Crippen molar-refractivity contribution in [1.29, 1.82) is 0 Å².